The van der Waals surface area contributed by atoms with Crippen LogP contribution in [0.5, 0.6) is 0 Å². The fourth-order valence-electron chi connectivity index (χ4n) is 3.07. The fraction of sp³-hybridized carbons (Fsp3) is 0.143. The van der Waals surface area contributed by atoms with Gasteiger partial charge in [0.2, 0.25) is 0 Å². The first-order chi connectivity index (χ1) is 13.5. The van der Waals surface area contributed by atoms with Gasteiger partial charge in [-0.2, -0.15) is 0 Å². The molecule has 0 amide bonds. The van der Waals surface area contributed by atoms with E-state index in [1.54, 1.807) is 6.20 Å². The molecule has 0 aliphatic heterocycles. The Morgan fingerprint density at radius 2 is 1.36 bits per heavy atom. The van der Waals surface area contributed by atoms with Gasteiger partial charge in [-0.25, -0.2) is 0 Å². The van der Waals surface area contributed by atoms with Gasteiger partial charge in [0.25, 0.3) is 0 Å². The topological polar surface area (TPSA) is 132 Å². The third kappa shape index (κ3) is 4.39. The standard InChI is InChI=1S/C11H12N2O2.C10H9NO2/c12-9(11(14)15)5-7-6-13-10-4-2-1-3-8(7)10;12-10(13)5-7-6-11-9-4-2-1-3-8(7)9/h1-4,6,9,13H,5,12H2,(H,14,15);1-4,6,11H,5H2,(H,12,13)/t9-;/m0./s1. The van der Waals surface area contributed by atoms with Crippen molar-refractivity contribution in [1.29, 1.82) is 0 Å². The number of hydrogen-bond acceptors (Lipinski definition) is 3. The van der Waals surface area contributed by atoms with Crippen LogP contribution in [0, 0.1) is 0 Å². The van der Waals surface area contributed by atoms with E-state index in [1.165, 1.54) is 0 Å². The molecule has 0 saturated carbocycles. The Bertz CT molecular complexity index is 1110. The highest BCUT2D eigenvalue weighted by molar-refractivity contribution is 5.87. The van der Waals surface area contributed by atoms with Crippen LogP contribution < -0.4 is 5.73 Å². The number of H-pyrrole nitrogens is 2. The number of benzene rings is 2. The third-order valence-corrected chi connectivity index (χ3v) is 4.45. The van der Waals surface area contributed by atoms with Crippen molar-refractivity contribution in [3.8, 4) is 0 Å². The van der Waals surface area contributed by atoms with Crippen LogP contribution in [0.25, 0.3) is 21.8 Å². The number of aromatic amines is 2. The Hall–Kier alpha value is -3.58. The molecule has 0 fully saturated rings. The molecule has 2 heterocycles. The molecule has 4 rings (SSSR count). The number of aromatic nitrogens is 2. The number of aliphatic carboxylic acids is 2. The van der Waals surface area contributed by atoms with Crippen LogP contribution in [-0.2, 0) is 22.4 Å². The maximum atomic E-state index is 10.6. The second kappa shape index (κ2) is 8.41. The van der Waals surface area contributed by atoms with Crippen molar-refractivity contribution in [2.45, 2.75) is 18.9 Å². The molecular weight excluding hydrogens is 358 g/mol. The maximum Gasteiger partial charge on any atom is 0.320 e. The Morgan fingerprint density at radius 1 is 0.857 bits per heavy atom. The molecule has 2 aromatic carbocycles. The number of carboxylic acids is 2. The van der Waals surface area contributed by atoms with Gasteiger partial charge in [0, 0.05) is 40.6 Å². The number of nitrogens with one attached hydrogen (secondary N) is 2. The van der Waals surface area contributed by atoms with Crippen molar-refractivity contribution in [3.05, 3.63) is 72.1 Å². The highest BCUT2D eigenvalue weighted by Gasteiger charge is 2.14. The Morgan fingerprint density at radius 3 is 1.89 bits per heavy atom. The molecule has 0 saturated heterocycles. The zero-order chi connectivity index (χ0) is 20.1. The van der Waals surface area contributed by atoms with Crippen LogP contribution in [0.1, 0.15) is 11.1 Å². The summed E-state index contributed by atoms with van der Waals surface area (Å²) in [4.78, 5) is 27.2. The summed E-state index contributed by atoms with van der Waals surface area (Å²) < 4.78 is 0. The number of para-hydroxylation sites is 2. The number of nitrogens with two attached hydrogens (primary N) is 1. The van der Waals surface area contributed by atoms with Crippen molar-refractivity contribution >= 4 is 33.7 Å². The van der Waals surface area contributed by atoms with E-state index in [0.29, 0.717) is 6.42 Å². The first-order valence-electron chi connectivity index (χ1n) is 8.76. The van der Waals surface area contributed by atoms with E-state index in [4.69, 9.17) is 15.9 Å². The highest BCUT2D eigenvalue weighted by Crippen LogP contribution is 2.19. The minimum Gasteiger partial charge on any atom is -0.481 e. The summed E-state index contributed by atoms with van der Waals surface area (Å²) in [5.74, 6) is -1.77. The Labute approximate surface area is 160 Å². The van der Waals surface area contributed by atoms with Crippen molar-refractivity contribution in [1.82, 2.24) is 9.97 Å². The molecule has 0 unspecified atom stereocenters. The second-order valence-electron chi connectivity index (χ2n) is 6.44. The summed E-state index contributed by atoms with van der Waals surface area (Å²) in [7, 11) is 0. The molecule has 0 spiro atoms. The van der Waals surface area contributed by atoms with Gasteiger partial charge < -0.3 is 25.9 Å². The first kappa shape index (κ1) is 19.2. The van der Waals surface area contributed by atoms with Gasteiger partial charge in [0.1, 0.15) is 6.04 Å². The fourth-order valence-corrected chi connectivity index (χ4v) is 3.07. The van der Waals surface area contributed by atoms with E-state index in [0.717, 1.165) is 32.9 Å². The zero-order valence-corrected chi connectivity index (χ0v) is 15.1. The smallest absolute Gasteiger partial charge is 0.320 e. The first-order valence-corrected chi connectivity index (χ1v) is 8.76. The molecule has 7 nitrogen and oxygen atoms in total. The lowest BCUT2D eigenvalue weighted by Gasteiger charge is -2.04. The quantitative estimate of drug-likeness (QED) is 0.364. The van der Waals surface area contributed by atoms with E-state index in [-0.39, 0.29) is 6.42 Å². The van der Waals surface area contributed by atoms with E-state index in [9.17, 15) is 9.59 Å². The maximum absolute atomic E-state index is 10.6. The average Bonchev–Trinajstić information content (AvgIpc) is 3.27. The van der Waals surface area contributed by atoms with Crippen LogP contribution >= 0.6 is 0 Å². The van der Waals surface area contributed by atoms with Crippen molar-refractivity contribution in [2.75, 3.05) is 0 Å². The molecule has 28 heavy (non-hydrogen) atoms. The zero-order valence-electron chi connectivity index (χ0n) is 15.1. The molecule has 1 atom stereocenters. The predicted octanol–water partition coefficient (Wildman–Crippen LogP) is 2.92. The van der Waals surface area contributed by atoms with Gasteiger partial charge >= 0.3 is 11.9 Å². The number of carbonyl (C=O) groups is 2. The van der Waals surface area contributed by atoms with Gasteiger partial charge in [-0.1, -0.05) is 36.4 Å². The highest BCUT2D eigenvalue weighted by atomic mass is 16.4. The van der Waals surface area contributed by atoms with Crippen LogP contribution in [0.15, 0.2) is 60.9 Å². The van der Waals surface area contributed by atoms with E-state index < -0.39 is 18.0 Å². The molecule has 6 N–H and O–H groups in total. The van der Waals surface area contributed by atoms with Crippen molar-refractivity contribution in [2.24, 2.45) is 5.73 Å². The Balaban J connectivity index is 0.000000162. The molecule has 144 valence electrons. The lowest BCUT2D eigenvalue weighted by Crippen LogP contribution is -2.32. The Kier molecular flexibility index (Phi) is 5.76. The summed E-state index contributed by atoms with van der Waals surface area (Å²) in [6.07, 6.45) is 3.98. The largest absolute Gasteiger partial charge is 0.481 e. The van der Waals surface area contributed by atoms with E-state index in [2.05, 4.69) is 9.97 Å². The summed E-state index contributed by atoms with van der Waals surface area (Å²) in [6, 6.07) is 14.6. The number of carboxylic acid groups (broad SMARTS) is 2. The molecule has 0 radical (unpaired) electrons. The predicted molar refractivity (Wildman–Crippen MR) is 107 cm³/mol. The number of hydrogen-bond donors (Lipinski definition) is 5. The van der Waals surface area contributed by atoms with Gasteiger partial charge in [-0.15, -0.1) is 0 Å². The summed E-state index contributed by atoms with van der Waals surface area (Å²) in [5, 5.41) is 19.4. The molecular formula is C21H21N3O4. The van der Waals surface area contributed by atoms with E-state index in [1.807, 2.05) is 54.7 Å². The lowest BCUT2D eigenvalue weighted by atomic mass is 10.1. The average molecular weight is 379 g/mol. The molecule has 4 aromatic rings. The van der Waals surface area contributed by atoms with Gasteiger partial charge in [-0.05, 0) is 23.3 Å². The third-order valence-electron chi connectivity index (χ3n) is 4.45. The van der Waals surface area contributed by atoms with Crippen molar-refractivity contribution in [3.63, 3.8) is 0 Å². The van der Waals surface area contributed by atoms with Crippen LogP contribution in [0.4, 0.5) is 0 Å². The number of fused-ring (bicyclic) bond motifs is 2. The molecule has 2 aromatic heterocycles. The minimum absolute atomic E-state index is 0.0734. The van der Waals surface area contributed by atoms with Crippen molar-refractivity contribution < 1.29 is 19.8 Å². The van der Waals surface area contributed by atoms with E-state index >= 15 is 0 Å². The SMILES string of the molecule is N[C@@H](Cc1c[nH]c2ccccc12)C(=O)O.O=C(O)Cc1c[nH]c2ccccc12. The van der Waals surface area contributed by atoms with Crippen LogP contribution in [-0.4, -0.2) is 38.2 Å². The second-order valence-corrected chi connectivity index (χ2v) is 6.44. The number of rotatable bonds is 5. The minimum atomic E-state index is -0.972. The monoisotopic (exact) mass is 379 g/mol. The lowest BCUT2D eigenvalue weighted by molar-refractivity contribution is -0.138. The van der Waals surface area contributed by atoms with Crippen LogP contribution in [0.2, 0.25) is 0 Å². The van der Waals surface area contributed by atoms with Gasteiger partial charge in [-0.3, -0.25) is 9.59 Å². The summed E-state index contributed by atoms with van der Waals surface area (Å²) in [6.45, 7) is 0. The molecule has 7 heteroatoms. The van der Waals surface area contributed by atoms with Gasteiger partial charge in [0.15, 0.2) is 0 Å². The summed E-state index contributed by atoms with van der Waals surface area (Å²) in [5.41, 5.74) is 9.26. The summed E-state index contributed by atoms with van der Waals surface area (Å²) >= 11 is 0. The van der Waals surface area contributed by atoms with Gasteiger partial charge in [0.05, 0.1) is 6.42 Å². The molecule has 0 bridgehead atoms. The molecule has 0 aliphatic rings. The van der Waals surface area contributed by atoms with Crippen LogP contribution in [0.3, 0.4) is 0 Å². The normalized spacial score (nSPS) is 11.8. The molecule has 0 aliphatic carbocycles.